The van der Waals surface area contributed by atoms with E-state index in [1.165, 1.54) is 12.3 Å². The SMILES string of the molecule is Cc1cc(Cl)c(C(=O)NC(CCC(=O)O)C(=O)O)cn1. The summed E-state index contributed by atoms with van der Waals surface area (Å²) in [5.41, 5.74) is 0.658. The Morgan fingerprint density at radius 3 is 2.55 bits per heavy atom. The molecule has 1 heterocycles. The molecule has 0 spiro atoms. The smallest absolute Gasteiger partial charge is 0.326 e. The Balaban J connectivity index is 2.80. The first-order chi connectivity index (χ1) is 9.31. The zero-order valence-corrected chi connectivity index (χ0v) is 11.3. The van der Waals surface area contributed by atoms with E-state index in [0.717, 1.165) is 0 Å². The molecule has 1 rings (SSSR count). The van der Waals surface area contributed by atoms with E-state index in [0.29, 0.717) is 5.69 Å². The number of rotatable bonds is 6. The molecule has 8 heteroatoms. The van der Waals surface area contributed by atoms with Crippen LogP contribution < -0.4 is 5.32 Å². The summed E-state index contributed by atoms with van der Waals surface area (Å²) in [6.07, 6.45) is 0.660. The van der Waals surface area contributed by atoms with Gasteiger partial charge >= 0.3 is 11.9 Å². The molecule has 20 heavy (non-hydrogen) atoms. The average Bonchev–Trinajstić information content (AvgIpc) is 2.33. The molecule has 0 radical (unpaired) electrons. The highest BCUT2D eigenvalue weighted by Crippen LogP contribution is 2.16. The van der Waals surface area contributed by atoms with Gasteiger partial charge in [0, 0.05) is 18.3 Å². The van der Waals surface area contributed by atoms with Gasteiger partial charge in [0.25, 0.3) is 5.91 Å². The van der Waals surface area contributed by atoms with Gasteiger partial charge in [0.05, 0.1) is 10.6 Å². The zero-order valence-electron chi connectivity index (χ0n) is 10.6. The molecule has 1 atom stereocenters. The maximum atomic E-state index is 11.9. The van der Waals surface area contributed by atoms with E-state index in [1.54, 1.807) is 6.92 Å². The molecular weight excluding hydrogens is 288 g/mol. The Morgan fingerprint density at radius 2 is 2.05 bits per heavy atom. The van der Waals surface area contributed by atoms with Gasteiger partial charge < -0.3 is 15.5 Å². The van der Waals surface area contributed by atoms with Gasteiger partial charge in [-0.1, -0.05) is 11.6 Å². The number of nitrogens with zero attached hydrogens (tertiary/aromatic N) is 1. The molecule has 0 aromatic carbocycles. The van der Waals surface area contributed by atoms with Crippen molar-refractivity contribution in [2.45, 2.75) is 25.8 Å². The van der Waals surface area contributed by atoms with Gasteiger partial charge in [-0.25, -0.2) is 4.79 Å². The lowest BCUT2D eigenvalue weighted by Gasteiger charge is -2.14. The highest BCUT2D eigenvalue weighted by atomic mass is 35.5. The lowest BCUT2D eigenvalue weighted by Crippen LogP contribution is -2.41. The van der Waals surface area contributed by atoms with E-state index in [4.69, 9.17) is 21.8 Å². The van der Waals surface area contributed by atoms with Crippen molar-refractivity contribution < 1.29 is 24.6 Å². The summed E-state index contributed by atoms with van der Waals surface area (Å²) in [5.74, 6) is -3.16. The van der Waals surface area contributed by atoms with Crippen LogP contribution >= 0.6 is 11.6 Å². The van der Waals surface area contributed by atoms with Crippen LogP contribution in [-0.4, -0.2) is 39.1 Å². The Hall–Kier alpha value is -2.15. The fourth-order valence-electron chi connectivity index (χ4n) is 1.45. The second-order valence-electron chi connectivity index (χ2n) is 4.10. The van der Waals surface area contributed by atoms with Gasteiger partial charge in [0.15, 0.2) is 0 Å². The summed E-state index contributed by atoms with van der Waals surface area (Å²) < 4.78 is 0. The van der Waals surface area contributed by atoms with E-state index in [9.17, 15) is 14.4 Å². The second kappa shape index (κ2) is 6.85. The van der Waals surface area contributed by atoms with Gasteiger partial charge in [-0.2, -0.15) is 0 Å². The second-order valence-corrected chi connectivity index (χ2v) is 4.51. The minimum atomic E-state index is -1.31. The number of pyridine rings is 1. The number of carbonyl (C=O) groups excluding carboxylic acids is 1. The molecule has 0 saturated carbocycles. The van der Waals surface area contributed by atoms with Crippen LogP contribution in [0.15, 0.2) is 12.3 Å². The number of aryl methyl sites for hydroxylation is 1. The van der Waals surface area contributed by atoms with Crippen LogP contribution in [0.2, 0.25) is 5.02 Å². The average molecular weight is 301 g/mol. The van der Waals surface area contributed by atoms with Gasteiger partial charge in [0.2, 0.25) is 0 Å². The molecule has 3 N–H and O–H groups in total. The van der Waals surface area contributed by atoms with Crippen molar-refractivity contribution in [3.8, 4) is 0 Å². The van der Waals surface area contributed by atoms with E-state index >= 15 is 0 Å². The first-order valence-electron chi connectivity index (χ1n) is 5.69. The van der Waals surface area contributed by atoms with Crippen molar-refractivity contribution >= 4 is 29.4 Å². The highest BCUT2D eigenvalue weighted by molar-refractivity contribution is 6.33. The number of aliphatic carboxylic acids is 2. The summed E-state index contributed by atoms with van der Waals surface area (Å²) in [5, 5.41) is 19.8. The minimum Gasteiger partial charge on any atom is -0.481 e. The van der Waals surface area contributed by atoms with E-state index in [1.807, 2.05) is 0 Å². The summed E-state index contributed by atoms with van der Waals surface area (Å²) in [6.45, 7) is 1.69. The number of hydrogen-bond acceptors (Lipinski definition) is 4. The van der Waals surface area contributed by atoms with E-state index < -0.39 is 23.9 Å². The highest BCUT2D eigenvalue weighted by Gasteiger charge is 2.22. The molecule has 108 valence electrons. The van der Waals surface area contributed by atoms with Gasteiger partial charge in [-0.3, -0.25) is 14.6 Å². The summed E-state index contributed by atoms with van der Waals surface area (Å²) in [6, 6.07) is 0.180. The van der Waals surface area contributed by atoms with E-state index in [-0.39, 0.29) is 23.4 Å². The Morgan fingerprint density at radius 1 is 1.40 bits per heavy atom. The molecular formula is C12H13ClN2O5. The van der Waals surface area contributed by atoms with Crippen LogP contribution in [0, 0.1) is 6.92 Å². The van der Waals surface area contributed by atoms with Crippen molar-refractivity contribution in [1.82, 2.24) is 10.3 Å². The van der Waals surface area contributed by atoms with Crippen molar-refractivity contribution in [2.75, 3.05) is 0 Å². The first-order valence-corrected chi connectivity index (χ1v) is 6.06. The van der Waals surface area contributed by atoms with E-state index in [2.05, 4.69) is 10.3 Å². The van der Waals surface area contributed by atoms with Crippen LogP contribution in [0.5, 0.6) is 0 Å². The number of halogens is 1. The monoisotopic (exact) mass is 300 g/mol. The lowest BCUT2D eigenvalue weighted by molar-refractivity contribution is -0.140. The van der Waals surface area contributed by atoms with Gasteiger partial charge in [-0.05, 0) is 19.4 Å². The number of carbonyl (C=O) groups is 3. The number of amides is 1. The van der Waals surface area contributed by atoms with Crippen molar-refractivity contribution in [1.29, 1.82) is 0 Å². The van der Waals surface area contributed by atoms with Crippen molar-refractivity contribution in [2.24, 2.45) is 0 Å². The molecule has 0 saturated heterocycles. The molecule has 0 aliphatic heterocycles. The summed E-state index contributed by atoms with van der Waals surface area (Å²) in [7, 11) is 0. The van der Waals surface area contributed by atoms with Crippen LogP contribution in [-0.2, 0) is 9.59 Å². The third-order valence-corrected chi connectivity index (χ3v) is 2.80. The Labute approximate surface area is 119 Å². The third-order valence-electron chi connectivity index (χ3n) is 2.49. The number of aromatic nitrogens is 1. The maximum Gasteiger partial charge on any atom is 0.326 e. The number of hydrogen-bond donors (Lipinski definition) is 3. The van der Waals surface area contributed by atoms with Crippen molar-refractivity contribution in [3.63, 3.8) is 0 Å². The van der Waals surface area contributed by atoms with Gasteiger partial charge in [0.1, 0.15) is 6.04 Å². The topological polar surface area (TPSA) is 117 Å². The molecule has 7 nitrogen and oxygen atoms in total. The van der Waals surface area contributed by atoms with Crippen LogP contribution in [0.4, 0.5) is 0 Å². The predicted octanol–water partition coefficient (Wildman–Crippen LogP) is 1.09. The fourth-order valence-corrected chi connectivity index (χ4v) is 1.75. The summed E-state index contributed by atoms with van der Waals surface area (Å²) >= 11 is 5.87. The summed E-state index contributed by atoms with van der Waals surface area (Å²) in [4.78, 5) is 37.2. The lowest BCUT2D eigenvalue weighted by atomic mass is 10.1. The molecule has 1 unspecified atom stereocenters. The van der Waals surface area contributed by atoms with Crippen LogP contribution in [0.25, 0.3) is 0 Å². The molecule has 0 bridgehead atoms. The quantitative estimate of drug-likeness (QED) is 0.724. The Kier molecular flexibility index (Phi) is 5.45. The van der Waals surface area contributed by atoms with Crippen LogP contribution in [0.1, 0.15) is 28.9 Å². The largest absolute Gasteiger partial charge is 0.481 e. The van der Waals surface area contributed by atoms with Gasteiger partial charge in [-0.15, -0.1) is 0 Å². The predicted molar refractivity (Wildman–Crippen MR) is 69.7 cm³/mol. The number of carboxylic acid groups (broad SMARTS) is 2. The third kappa shape index (κ3) is 4.51. The maximum absolute atomic E-state index is 11.9. The molecule has 1 aromatic heterocycles. The van der Waals surface area contributed by atoms with Crippen LogP contribution in [0.3, 0.4) is 0 Å². The molecule has 1 amide bonds. The standard InChI is InChI=1S/C12H13ClN2O5/c1-6-4-8(13)7(5-14-6)11(18)15-9(12(19)20)2-3-10(16)17/h4-5,9H,2-3H2,1H3,(H,15,18)(H,16,17)(H,19,20). The normalized spacial score (nSPS) is 11.7. The number of nitrogens with one attached hydrogen (secondary N) is 1. The first kappa shape index (κ1) is 15.9. The minimum absolute atomic E-state index is 0.0406. The number of carboxylic acids is 2. The molecule has 0 fully saturated rings. The molecule has 0 aliphatic rings. The fraction of sp³-hybridized carbons (Fsp3) is 0.333. The zero-order chi connectivity index (χ0) is 15.3. The molecule has 1 aromatic rings. The Bertz CT molecular complexity index is 547. The molecule has 0 aliphatic carbocycles. The van der Waals surface area contributed by atoms with Crippen molar-refractivity contribution in [3.05, 3.63) is 28.5 Å².